The molecule has 0 unspecified atom stereocenters. The van der Waals surface area contributed by atoms with E-state index < -0.39 is 0 Å². The first kappa shape index (κ1) is 20.4. The highest BCUT2D eigenvalue weighted by Gasteiger charge is 2.14. The summed E-state index contributed by atoms with van der Waals surface area (Å²) in [5, 5.41) is 2.80. The molecule has 0 bridgehead atoms. The van der Waals surface area contributed by atoms with Crippen molar-refractivity contribution in [3.05, 3.63) is 84.4 Å². The van der Waals surface area contributed by atoms with Gasteiger partial charge in [0.2, 0.25) is 5.91 Å². The van der Waals surface area contributed by atoms with Crippen molar-refractivity contribution in [1.82, 2.24) is 0 Å². The Kier molecular flexibility index (Phi) is 7.46. The fraction of sp³-hybridized carbons (Fsp3) is 0.174. The second-order valence-corrected chi connectivity index (χ2v) is 8.69. The first-order chi connectivity index (χ1) is 13.6. The molecule has 1 amide bonds. The van der Waals surface area contributed by atoms with E-state index in [4.69, 9.17) is 4.74 Å². The quantitative estimate of drug-likeness (QED) is 0.456. The van der Waals surface area contributed by atoms with Gasteiger partial charge in [-0.05, 0) is 61.0 Å². The molecule has 0 aromatic heterocycles. The fourth-order valence-corrected chi connectivity index (χ4v) is 4.27. The Morgan fingerprint density at radius 2 is 1.61 bits per heavy atom. The van der Waals surface area contributed by atoms with Gasteiger partial charge in [-0.2, -0.15) is 0 Å². The number of anilines is 1. The molecule has 3 rings (SSSR count). The van der Waals surface area contributed by atoms with Crippen molar-refractivity contribution in [2.45, 2.75) is 27.7 Å². The number of nitrogens with one attached hydrogen (secondary N) is 1. The average molecular weight is 410 g/mol. The van der Waals surface area contributed by atoms with Crippen LogP contribution < -0.4 is 10.1 Å². The highest BCUT2D eigenvalue weighted by atomic mass is 32.2. The molecule has 0 saturated heterocycles. The maximum absolute atomic E-state index is 12.5. The second-order valence-electron chi connectivity index (χ2n) is 6.22. The van der Waals surface area contributed by atoms with Crippen molar-refractivity contribution in [3.63, 3.8) is 0 Å². The van der Waals surface area contributed by atoms with E-state index in [-0.39, 0.29) is 11.2 Å². The number of benzene rings is 3. The van der Waals surface area contributed by atoms with Gasteiger partial charge < -0.3 is 10.1 Å². The molecule has 0 spiro atoms. The predicted molar refractivity (Wildman–Crippen MR) is 119 cm³/mol. The number of ether oxygens (including phenoxy) is 1. The molecule has 3 aromatic carbocycles. The first-order valence-corrected chi connectivity index (χ1v) is 10.9. The molecular formula is C23H23NO2S2. The molecule has 28 heavy (non-hydrogen) atoms. The van der Waals surface area contributed by atoms with Crippen LogP contribution in [0, 0.1) is 0 Å². The molecule has 1 atom stereocenters. The van der Waals surface area contributed by atoms with Crippen LogP contribution in [0.15, 0.2) is 88.7 Å². The fourth-order valence-electron chi connectivity index (χ4n) is 2.52. The van der Waals surface area contributed by atoms with Gasteiger partial charge in [-0.1, -0.05) is 30.3 Å². The largest absolute Gasteiger partial charge is 0.497 e. The van der Waals surface area contributed by atoms with E-state index in [1.807, 2.05) is 61.5 Å². The third-order valence-corrected chi connectivity index (χ3v) is 6.31. The minimum atomic E-state index is -0.193. The van der Waals surface area contributed by atoms with Crippen LogP contribution in [-0.2, 0) is 10.5 Å². The second kappa shape index (κ2) is 10.2. The molecule has 0 aliphatic carbocycles. The molecule has 0 aliphatic rings. The number of rotatable bonds is 8. The summed E-state index contributed by atoms with van der Waals surface area (Å²) in [5.74, 6) is 1.71. The number of carbonyl (C=O) groups is 1. The van der Waals surface area contributed by atoms with Crippen molar-refractivity contribution in [2.24, 2.45) is 0 Å². The summed E-state index contributed by atoms with van der Waals surface area (Å²) in [6, 6.07) is 26.1. The van der Waals surface area contributed by atoms with Gasteiger partial charge in [-0.3, -0.25) is 4.79 Å². The summed E-state index contributed by atoms with van der Waals surface area (Å²) < 4.78 is 5.16. The lowest BCUT2D eigenvalue weighted by Crippen LogP contribution is -2.22. The molecule has 144 valence electrons. The molecule has 0 radical (unpaired) electrons. The van der Waals surface area contributed by atoms with Crippen LogP contribution in [0.2, 0.25) is 0 Å². The number of hydrogen-bond acceptors (Lipinski definition) is 4. The molecule has 0 heterocycles. The summed E-state index contributed by atoms with van der Waals surface area (Å²) in [4.78, 5) is 14.8. The van der Waals surface area contributed by atoms with Crippen molar-refractivity contribution in [3.8, 4) is 5.75 Å². The lowest BCUT2D eigenvalue weighted by molar-refractivity contribution is -0.115. The summed E-state index contributed by atoms with van der Waals surface area (Å²) in [5.41, 5.74) is 2.05. The number of carbonyl (C=O) groups excluding carboxylic acids is 1. The van der Waals surface area contributed by atoms with Gasteiger partial charge in [-0.15, -0.1) is 23.5 Å². The van der Waals surface area contributed by atoms with Crippen molar-refractivity contribution in [1.29, 1.82) is 0 Å². The number of amides is 1. The zero-order valence-electron chi connectivity index (χ0n) is 15.9. The van der Waals surface area contributed by atoms with Gasteiger partial charge in [0, 0.05) is 21.2 Å². The molecule has 3 nitrogen and oxygen atoms in total. The van der Waals surface area contributed by atoms with E-state index >= 15 is 0 Å². The molecule has 0 aliphatic heterocycles. The van der Waals surface area contributed by atoms with Crippen LogP contribution in [0.5, 0.6) is 5.75 Å². The summed E-state index contributed by atoms with van der Waals surface area (Å²) in [6.07, 6.45) is 0. The predicted octanol–water partition coefficient (Wildman–Crippen LogP) is 6.11. The Bertz CT molecular complexity index is 881. The molecule has 5 heteroatoms. The molecular weight excluding hydrogens is 386 g/mol. The third kappa shape index (κ3) is 6.08. The number of thioether (sulfide) groups is 2. The monoisotopic (exact) mass is 409 g/mol. The normalized spacial score (nSPS) is 11.6. The Morgan fingerprint density at radius 1 is 0.929 bits per heavy atom. The minimum Gasteiger partial charge on any atom is -0.497 e. The average Bonchev–Trinajstić information content (AvgIpc) is 2.74. The van der Waals surface area contributed by atoms with Crippen LogP contribution in [0.25, 0.3) is 0 Å². The Balaban J connectivity index is 1.50. The summed E-state index contributed by atoms with van der Waals surface area (Å²) in [7, 11) is 1.64. The zero-order chi connectivity index (χ0) is 19.8. The topological polar surface area (TPSA) is 38.3 Å². The van der Waals surface area contributed by atoms with E-state index in [0.717, 1.165) is 22.1 Å². The van der Waals surface area contributed by atoms with Crippen molar-refractivity contribution >= 4 is 35.1 Å². The lowest BCUT2D eigenvalue weighted by Gasteiger charge is -2.13. The van der Waals surface area contributed by atoms with Crippen LogP contribution in [0.4, 0.5) is 5.69 Å². The number of methoxy groups -OCH3 is 1. The first-order valence-electron chi connectivity index (χ1n) is 9.02. The van der Waals surface area contributed by atoms with Crippen LogP contribution in [0.1, 0.15) is 12.5 Å². The van der Waals surface area contributed by atoms with Crippen molar-refractivity contribution in [2.75, 3.05) is 12.4 Å². The molecule has 0 fully saturated rings. The van der Waals surface area contributed by atoms with Gasteiger partial charge in [0.15, 0.2) is 0 Å². The number of hydrogen-bond donors (Lipinski definition) is 1. The zero-order valence-corrected chi connectivity index (χ0v) is 17.6. The molecule has 0 saturated carbocycles. The lowest BCUT2D eigenvalue weighted by atomic mass is 10.2. The van der Waals surface area contributed by atoms with Gasteiger partial charge in [0.25, 0.3) is 0 Å². The van der Waals surface area contributed by atoms with E-state index in [1.54, 1.807) is 18.9 Å². The van der Waals surface area contributed by atoms with Crippen molar-refractivity contribution < 1.29 is 9.53 Å². The Hall–Kier alpha value is -2.37. The maximum atomic E-state index is 12.5. The maximum Gasteiger partial charge on any atom is 0.237 e. The third-order valence-electron chi connectivity index (χ3n) is 4.11. The summed E-state index contributed by atoms with van der Waals surface area (Å²) >= 11 is 3.33. The summed E-state index contributed by atoms with van der Waals surface area (Å²) in [6.45, 7) is 1.91. The highest BCUT2D eigenvalue weighted by molar-refractivity contribution is 8.00. The van der Waals surface area contributed by atoms with E-state index in [0.29, 0.717) is 0 Å². The van der Waals surface area contributed by atoms with Gasteiger partial charge in [0.1, 0.15) is 5.75 Å². The van der Waals surface area contributed by atoms with Crippen LogP contribution >= 0.6 is 23.5 Å². The van der Waals surface area contributed by atoms with E-state index in [2.05, 4.69) is 29.6 Å². The SMILES string of the molecule is COc1ccc(S[C@H](C)C(=O)Nc2ccc(CSc3ccccc3)cc2)cc1. The smallest absolute Gasteiger partial charge is 0.237 e. The minimum absolute atomic E-state index is 0.00720. The van der Waals surface area contributed by atoms with Crippen LogP contribution in [-0.4, -0.2) is 18.3 Å². The molecule has 3 aromatic rings. The van der Waals surface area contributed by atoms with E-state index in [1.165, 1.54) is 22.2 Å². The highest BCUT2D eigenvalue weighted by Crippen LogP contribution is 2.27. The Labute approximate surface area is 174 Å². The van der Waals surface area contributed by atoms with Crippen LogP contribution in [0.3, 0.4) is 0 Å². The van der Waals surface area contributed by atoms with E-state index in [9.17, 15) is 4.79 Å². The van der Waals surface area contributed by atoms with Gasteiger partial charge >= 0.3 is 0 Å². The Morgan fingerprint density at radius 3 is 2.25 bits per heavy atom. The van der Waals surface area contributed by atoms with Gasteiger partial charge in [0.05, 0.1) is 12.4 Å². The molecule has 1 N–H and O–H groups in total. The van der Waals surface area contributed by atoms with Gasteiger partial charge in [-0.25, -0.2) is 0 Å². The standard InChI is InChI=1S/C23H23NO2S2/c1-17(28-22-14-12-20(26-2)13-15-22)23(25)24-19-10-8-18(9-11-19)16-27-21-6-4-3-5-7-21/h3-15,17H,16H2,1-2H3,(H,24,25)/t17-/m1/s1.